The van der Waals surface area contributed by atoms with Gasteiger partial charge in [0.1, 0.15) is 12.1 Å². The molecule has 3 aromatic rings. The van der Waals surface area contributed by atoms with Crippen molar-refractivity contribution < 1.29 is 14.4 Å². The third-order valence-corrected chi connectivity index (χ3v) is 11.9. The predicted molar refractivity (Wildman–Crippen MR) is 210 cm³/mol. The molecule has 4 fully saturated rings. The van der Waals surface area contributed by atoms with E-state index in [1.165, 1.54) is 5.69 Å². The van der Waals surface area contributed by atoms with Crippen LogP contribution >= 0.6 is 11.6 Å². The van der Waals surface area contributed by atoms with E-state index in [0.29, 0.717) is 35.5 Å². The van der Waals surface area contributed by atoms with Crippen LogP contribution in [0.3, 0.4) is 0 Å². The lowest BCUT2D eigenvalue weighted by Gasteiger charge is -2.40. The molecule has 0 saturated carbocycles. The molecule has 0 aromatic heterocycles. The minimum absolute atomic E-state index is 0.100. The fourth-order valence-corrected chi connectivity index (χ4v) is 8.77. The lowest BCUT2D eigenvalue weighted by molar-refractivity contribution is -0.133. The van der Waals surface area contributed by atoms with Crippen molar-refractivity contribution >= 4 is 52.1 Å². The molecule has 278 valence electrons. The van der Waals surface area contributed by atoms with E-state index in [4.69, 9.17) is 11.6 Å². The summed E-state index contributed by atoms with van der Waals surface area (Å²) in [5.74, 6) is -0.400. The Morgan fingerprint density at radius 1 is 0.943 bits per heavy atom. The topological polar surface area (TPSA) is 133 Å². The molecule has 1 spiro atoms. The number of piperidine rings is 3. The van der Waals surface area contributed by atoms with Crippen LogP contribution in [0.15, 0.2) is 66.7 Å². The van der Waals surface area contributed by atoms with Crippen molar-refractivity contribution in [2.24, 2.45) is 5.41 Å². The molecular weight excluding hydrogens is 688 g/mol. The SMILES string of the molecule is C[C@@H]1CC2(CCN(c3ccc(C(=O)N4CCC(NCCNc5cccc(NC6CCC(=O)NC6=O)c5)CC4)cc3)CC2)CN1c1ccc(C#N)c(Cl)c1. The summed E-state index contributed by atoms with van der Waals surface area (Å²) in [6.45, 7) is 8.29. The van der Waals surface area contributed by atoms with Crippen LogP contribution in [0.2, 0.25) is 5.02 Å². The van der Waals surface area contributed by atoms with E-state index in [0.717, 1.165) is 101 Å². The fraction of sp³-hybridized carbons (Fsp3) is 0.463. The summed E-state index contributed by atoms with van der Waals surface area (Å²) in [5.41, 5.74) is 5.59. The van der Waals surface area contributed by atoms with E-state index in [2.05, 4.69) is 56.2 Å². The maximum absolute atomic E-state index is 13.4. The second-order valence-electron chi connectivity index (χ2n) is 15.2. The number of hydrogen-bond donors (Lipinski definition) is 4. The van der Waals surface area contributed by atoms with Gasteiger partial charge in [-0.1, -0.05) is 17.7 Å². The average molecular weight is 737 g/mol. The Labute approximate surface area is 317 Å². The zero-order chi connectivity index (χ0) is 37.0. The van der Waals surface area contributed by atoms with Gasteiger partial charge in [-0.2, -0.15) is 5.26 Å². The van der Waals surface area contributed by atoms with Crippen LogP contribution in [-0.2, 0) is 9.59 Å². The van der Waals surface area contributed by atoms with Gasteiger partial charge in [-0.05, 0) is 112 Å². The molecule has 1 unspecified atom stereocenters. The zero-order valence-corrected chi connectivity index (χ0v) is 31.1. The van der Waals surface area contributed by atoms with Crippen molar-refractivity contribution in [2.45, 2.75) is 70.0 Å². The van der Waals surface area contributed by atoms with Gasteiger partial charge < -0.3 is 30.7 Å². The lowest BCUT2D eigenvalue weighted by Crippen LogP contribution is -2.47. The summed E-state index contributed by atoms with van der Waals surface area (Å²) in [6.07, 6.45) is 6.05. The molecule has 3 aromatic carbocycles. The van der Waals surface area contributed by atoms with Crippen LogP contribution in [0.4, 0.5) is 22.7 Å². The Balaban J connectivity index is 0.818. The number of halogens is 1. The highest BCUT2D eigenvalue weighted by Crippen LogP contribution is 2.46. The van der Waals surface area contributed by atoms with Crippen molar-refractivity contribution in [1.82, 2.24) is 15.5 Å². The molecule has 53 heavy (non-hydrogen) atoms. The molecule has 4 saturated heterocycles. The molecule has 12 heteroatoms. The second kappa shape index (κ2) is 16.1. The molecule has 11 nitrogen and oxygen atoms in total. The molecule has 7 rings (SSSR count). The molecule has 0 radical (unpaired) electrons. The number of imide groups is 1. The van der Waals surface area contributed by atoms with Crippen molar-refractivity contribution in [3.8, 4) is 6.07 Å². The molecule has 2 atom stereocenters. The number of amides is 3. The second-order valence-corrected chi connectivity index (χ2v) is 15.6. The molecule has 3 amide bonds. The summed E-state index contributed by atoms with van der Waals surface area (Å²) in [6, 6.07) is 24.3. The fourth-order valence-electron chi connectivity index (χ4n) is 8.56. The number of benzene rings is 3. The van der Waals surface area contributed by atoms with E-state index in [9.17, 15) is 19.6 Å². The first-order valence-electron chi connectivity index (χ1n) is 19.0. The summed E-state index contributed by atoms with van der Waals surface area (Å²) in [5, 5.41) is 22.5. The van der Waals surface area contributed by atoms with Gasteiger partial charge >= 0.3 is 0 Å². The summed E-state index contributed by atoms with van der Waals surface area (Å²) in [4.78, 5) is 43.8. The van der Waals surface area contributed by atoms with E-state index < -0.39 is 6.04 Å². The molecule has 4 heterocycles. The summed E-state index contributed by atoms with van der Waals surface area (Å²) < 4.78 is 0. The highest BCUT2D eigenvalue weighted by Gasteiger charge is 2.44. The van der Waals surface area contributed by atoms with E-state index in [-0.39, 0.29) is 23.1 Å². The molecule has 4 N–H and O–H groups in total. The van der Waals surface area contributed by atoms with Gasteiger partial charge in [0, 0.05) is 92.6 Å². The van der Waals surface area contributed by atoms with Crippen LogP contribution in [0.25, 0.3) is 0 Å². The third-order valence-electron chi connectivity index (χ3n) is 11.6. The van der Waals surface area contributed by atoms with Crippen molar-refractivity contribution in [2.75, 3.05) is 66.2 Å². The lowest BCUT2D eigenvalue weighted by atomic mass is 9.76. The minimum atomic E-state index is -0.409. The van der Waals surface area contributed by atoms with Gasteiger partial charge in [-0.3, -0.25) is 19.7 Å². The molecule has 4 aliphatic heterocycles. The number of anilines is 4. The quantitative estimate of drug-likeness (QED) is 0.155. The van der Waals surface area contributed by atoms with E-state index >= 15 is 0 Å². The van der Waals surface area contributed by atoms with Crippen molar-refractivity contribution in [3.05, 3.63) is 82.9 Å². The number of carbonyl (C=O) groups excluding carboxylic acids is 3. The minimum Gasteiger partial charge on any atom is -0.384 e. The average Bonchev–Trinajstić information content (AvgIpc) is 3.49. The number of hydrogen-bond acceptors (Lipinski definition) is 9. The molecule has 0 bridgehead atoms. The van der Waals surface area contributed by atoms with Crippen LogP contribution in [0.5, 0.6) is 0 Å². The Hall–Kier alpha value is -4.79. The first-order valence-corrected chi connectivity index (χ1v) is 19.3. The normalized spacial score (nSPS) is 21.7. The first kappa shape index (κ1) is 36.6. The Morgan fingerprint density at radius 3 is 2.40 bits per heavy atom. The van der Waals surface area contributed by atoms with Crippen LogP contribution in [0, 0.1) is 16.7 Å². The number of likely N-dealkylation sites (tertiary alicyclic amines) is 1. The van der Waals surface area contributed by atoms with Crippen molar-refractivity contribution in [1.29, 1.82) is 5.26 Å². The zero-order valence-electron chi connectivity index (χ0n) is 30.4. The largest absolute Gasteiger partial charge is 0.384 e. The molecule has 0 aliphatic carbocycles. The summed E-state index contributed by atoms with van der Waals surface area (Å²) in [7, 11) is 0. The Bertz CT molecular complexity index is 1850. The van der Waals surface area contributed by atoms with Crippen LogP contribution < -0.4 is 31.1 Å². The maximum atomic E-state index is 13.4. The number of nitrogens with one attached hydrogen (secondary N) is 4. The van der Waals surface area contributed by atoms with Gasteiger partial charge in [0.05, 0.1) is 10.6 Å². The van der Waals surface area contributed by atoms with Gasteiger partial charge in [0.25, 0.3) is 5.91 Å². The van der Waals surface area contributed by atoms with Crippen LogP contribution in [0.1, 0.15) is 67.8 Å². The molecular formula is C41H49ClN8O3. The van der Waals surface area contributed by atoms with Gasteiger partial charge in [0.15, 0.2) is 0 Å². The smallest absolute Gasteiger partial charge is 0.253 e. The van der Waals surface area contributed by atoms with E-state index in [1.807, 2.05) is 59.5 Å². The Kier molecular flexibility index (Phi) is 11.1. The number of nitriles is 1. The van der Waals surface area contributed by atoms with Gasteiger partial charge in [-0.25, -0.2) is 0 Å². The number of nitrogens with zero attached hydrogens (tertiary/aromatic N) is 4. The standard InChI is InChI=1S/C41H49ClN8O3/c1-28-25-41(27-50(28)35-10-7-30(26-43)36(42)24-35)15-21-48(22-16-41)34-8-5-29(6-9-34)40(53)49-19-13-31(14-20-49)44-17-18-45-32-3-2-4-33(23-32)46-37-11-12-38(51)47-39(37)52/h2-10,23-24,28,31,37,44-46H,11-22,25,27H2,1H3,(H,47,51,52)/t28-,37?/m1/s1. The van der Waals surface area contributed by atoms with Gasteiger partial charge in [0.2, 0.25) is 11.8 Å². The van der Waals surface area contributed by atoms with Gasteiger partial charge in [-0.15, -0.1) is 0 Å². The Morgan fingerprint density at radius 2 is 1.68 bits per heavy atom. The van der Waals surface area contributed by atoms with E-state index in [1.54, 1.807) is 0 Å². The third kappa shape index (κ3) is 8.55. The maximum Gasteiger partial charge on any atom is 0.253 e. The van der Waals surface area contributed by atoms with Crippen LogP contribution in [-0.4, -0.2) is 86.6 Å². The number of carbonyl (C=O) groups is 3. The predicted octanol–water partition coefficient (Wildman–Crippen LogP) is 5.62. The van der Waals surface area contributed by atoms with Crippen molar-refractivity contribution in [3.63, 3.8) is 0 Å². The summed E-state index contributed by atoms with van der Waals surface area (Å²) >= 11 is 6.37. The highest BCUT2D eigenvalue weighted by atomic mass is 35.5. The monoisotopic (exact) mass is 736 g/mol. The molecule has 4 aliphatic rings. The first-order chi connectivity index (χ1) is 25.7. The highest BCUT2D eigenvalue weighted by molar-refractivity contribution is 6.32. The number of rotatable bonds is 10.